The fraction of sp³-hybridized carbons (Fsp3) is 0.579. The molecule has 3 rings (SSSR count). The Morgan fingerprint density at radius 3 is 2.27 bits per heavy atom. The van der Waals surface area contributed by atoms with Crippen LogP contribution in [0.1, 0.15) is 54.2 Å². The van der Waals surface area contributed by atoms with Gasteiger partial charge in [-0.25, -0.2) is 4.79 Å². The minimum Gasteiger partial charge on any atom is -0.442 e. The van der Waals surface area contributed by atoms with E-state index in [1.54, 1.807) is 0 Å². The number of benzene rings is 1. The van der Waals surface area contributed by atoms with Crippen molar-refractivity contribution >= 4 is 29.6 Å². The van der Waals surface area contributed by atoms with Gasteiger partial charge in [-0.2, -0.15) is 9.78 Å². The second-order valence-corrected chi connectivity index (χ2v) is 8.81. The zero-order chi connectivity index (χ0) is 19.5. The summed E-state index contributed by atoms with van der Waals surface area (Å²) in [7, 11) is -0.582. The first kappa shape index (κ1) is 18.9. The van der Waals surface area contributed by atoms with Gasteiger partial charge in [-0.3, -0.25) is 0 Å². The maximum absolute atomic E-state index is 12.7. The largest absolute Gasteiger partial charge is 0.497 e. The molecule has 1 aromatic heterocycles. The van der Waals surface area contributed by atoms with Gasteiger partial charge in [0.05, 0.1) is 22.4 Å². The average molecular weight is 358 g/mol. The summed E-state index contributed by atoms with van der Waals surface area (Å²) in [4.78, 5) is 12.7. The predicted molar refractivity (Wildman–Crippen MR) is 102 cm³/mol. The number of ether oxygens (including phenoxy) is 1. The van der Waals surface area contributed by atoms with Crippen molar-refractivity contribution in [2.45, 2.75) is 72.2 Å². The number of para-hydroxylation sites is 1. The van der Waals surface area contributed by atoms with Crippen molar-refractivity contribution < 1.29 is 18.8 Å². The number of fused-ring (bicyclic) bond motifs is 1. The van der Waals surface area contributed by atoms with Crippen LogP contribution in [0.15, 0.2) is 18.2 Å². The van der Waals surface area contributed by atoms with Crippen molar-refractivity contribution in [3.8, 4) is 0 Å². The zero-order valence-corrected chi connectivity index (χ0v) is 16.8. The van der Waals surface area contributed by atoms with Gasteiger partial charge in [0.25, 0.3) is 0 Å². The van der Waals surface area contributed by atoms with Gasteiger partial charge in [-0.05, 0) is 55.4 Å². The highest BCUT2D eigenvalue weighted by molar-refractivity contribution is 6.65. The van der Waals surface area contributed by atoms with Gasteiger partial charge < -0.3 is 14.0 Å². The lowest BCUT2D eigenvalue weighted by Crippen LogP contribution is -2.41. The lowest BCUT2D eigenvalue weighted by Gasteiger charge is -2.32. The van der Waals surface area contributed by atoms with Crippen molar-refractivity contribution in [1.29, 1.82) is 0 Å². The van der Waals surface area contributed by atoms with Crippen molar-refractivity contribution in [1.82, 2.24) is 9.78 Å². The first-order chi connectivity index (χ1) is 11.8. The third kappa shape index (κ3) is 3.14. The van der Waals surface area contributed by atoms with E-state index in [2.05, 4.69) is 5.10 Å². The van der Waals surface area contributed by atoms with Crippen molar-refractivity contribution in [2.75, 3.05) is 0 Å². The van der Waals surface area contributed by atoms with E-state index in [1.807, 2.05) is 73.6 Å². The Labute approximate surface area is 154 Å². The van der Waals surface area contributed by atoms with Crippen molar-refractivity contribution in [3.05, 3.63) is 23.9 Å². The van der Waals surface area contributed by atoms with Crippen molar-refractivity contribution in [2.24, 2.45) is 0 Å². The summed E-state index contributed by atoms with van der Waals surface area (Å²) in [6.45, 7) is 15.4. The number of aromatic nitrogens is 2. The summed E-state index contributed by atoms with van der Waals surface area (Å²) in [6.07, 6.45) is -0.514. The normalized spacial score (nSPS) is 19.2. The number of hydrogen-bond acceptors (Lipinski definition) is 5. The summed E-state index contributed by atoms with van der Waals surface area (Å²) < 4.78 is 19.2. The van der Waals surface area contributed by atoms with Gasteiger partial charge in [-0.15, -0.1) is 0 Å². The minimum absolute atomic E-state index is 0.467. The highest BCUT2D eigenvalue weighted by atomic mass is 16.7. The van der Waals surface area contributed by atoms with Crippen LogP contribution < -0.4 is 5.46 Å². The molecule has 0 radical (unpaired) electrons. The van der Waals surface area contributed by atoms with Crippen LogP contribution in [0.3, 0.4) is 0 Å². The summed E-state index contributed by atoms with van der Waals surface area (Å²) in [5.41, 5.74) is 0.648. The van der Waals surface area contributed by atoms with Gasteiger partial charge in [0.1, 0.15) is 5.60 Å². The van der Waals surface area contributed by atoms with Crippen LogP contribution in [-0.2, 0) is 14.0 Å². The SMILES string of the molecule is Cc1nn(C(=O)OC(C)(C)C)c2c(B3OC(C)(C)C(C)(C)O3)cccc12. The second-order valence-electron chi connectivity index (χ2n) is 8.81. The first-order valence-corrected chi connectivity index (χ1v) is 8.90. The molecular formula is C19H27BN2O4. The van der Waals surface area contributed by atoms with E-state index >= 15 is 0 Å². The Kier molecular flexibility index (Phi) is 4.24. The molecule has 1 saturated heterocycles. The molecule has 1 fully saturated rings. The molecule has 0 saturated carbocycles. The molecule has 6 nitrogen and oxygen atoms in total. The maximum atomic E-state index is 12.7. The third-order valence-corrected chi connectivity index (χ3v) is 4.99. The molecule has 0 spiro atoms. The lowest BCUT2D eigenvalue weighted by molar-refractivity contribution is 0.00578. The van der Waals surface area contributed by atoms with E-state index in [1.165, 1.54) is 4.68 Å². The van der Waals surface area contributed by atoms with E-state index in [9.17, 15) is 4.79 Å². The Balaban J connectivity index is 2.12. The van der Waals surface area contributed by atoms with Crippen LogP contribution in [0.25, 0.3) is 10.9 Å². The Hall–Kier alpha value is -1.86. The number of nitrogens with zero attached hydrogens (tertiary/aromatic N) is 2. The predicted octanol–water partition coefficient (Wildman–Crippen LogP) is 3.43. The third-order valence-electron chi connectivity index (χ3n) is 4.99. The molecule has 0 atom stereocenters. The molecule has 0 amide bonds. The molecule has 0 unspecified atom stereocenters. The van der Waals surface area contributed by atoms with Gasteiger partial charge in [0.15, 0.2) is 0 Å². The average Bonchev–Trinajstić information content (AvgIpc) is 2.92. The van der Waals surface area contributed by atoms with Crippen molar-refractivity contribution in [3.63, 3.8) is 0 Å². The molecule has 2 aromatic rings. The first-order valence-electron chi connectivity index (χ1n) is 8.90. The van der Waals surface area contributed by atoms with Crippen LogP contribution >= 0.6 is 0 Å². The minimum atomic E-state index is -0.609. The fourth-order valence-electron chi connectivity index (χ4n) is 2.94. The molecule has 1 aromatic carbocycles. The highest BCUT2D eigenvalue weighted by Crippen LogP contribution is 2.37. The van der Waals surface area contributed by atoms with E-state index in [-0.39, 0.29) is 0 Å². The standard InChI is InChI=1S/C19H27BN2O4/c1-12-13-10-9-11-14(20-25-18(5,6)19(7,8)26-20)15(13)22(21-12)16(23)24-17(2,3)4/h9-11H,1-8H3. The molecule has 2 heterocycles. The van der Waals surface area contributed by atoms with E-state index in [4.69, 9.17) is 14.0 Å². The Morgan fingerprint density at radius 2 is 1.73 bits per heavy atom. The van der Waals surface area contributed by atoms with Crippen LogP contribution in [0, 0.1) is 6.92 Å². The molecule has 7 heteroatoms. The topological polar surface area (TPSA) is 62.6 Å². The van der Waals surface area contributed by atoms with Gasteiger partial charge in [0, 0.05) is 10.8 Å². The van der Waals surface area contributed by atoms with Crippen LogP contribution in [0.4, 0.5) is 4.79 Å². The summed E-state index contributed by atoms with van der Waals surface area (Å²) in [5, 5.41) is 5.29. The monoisotopic (exact) mass is 358 g/mol. The summed E-state index contributed by atoms with van der Waals surface area (Å²) in [6, 6.07) is 5.77. The zero-order valence-electron chi connectivity index (χ0n) is 16.8. The second kappa shape index (κ2) is 5.82. The quantitative estimate of drug-likeness (QED) is 0.731. The molecule has 1 aliphatic heterocycles. The highest BCUT2D eigenvalue weighted by Gasteiger charge is 2.52. The Morgan fingerprint density at radius 1 is 1.15 bits per heavy atom. The maximum Gasteiger partial charge on any atom is 0.497 e. The molecule has 0 bridgehead atoms. The van der Waals surface area contributed by atoms with Crippen LogP contribution in [0.2, 0.25) is 0 Å². The number of carbonyl (C=O) groups is 1. The molecule has 1 aliphatic rings. The van der Waals surface area contributed by atoms with E-state index < -0.39 is 30.0 Å². The molecule has 0 N–H and O–H groups in total. The summed E-state index contributed by atoms with van der Waals surface area (Å²) >= 11 is 0. The molecule has 0 aliphatic carbocycles. The van der Waals surface area contributed by atoms with Crippen LogP contribution in [0.5, 0.6) is 0 Å². The van der Waals surface area contributed by atoms with Gasteiger partial charge in [-0.1, -0.05) is 18.2 Å². The number of rotatable bonds is 1. The fourth-order valence-corrected chi connectivity index (χ4v) is 2.94. The van der Waals surface area contributed by atoms with Gasteiger partial charge >= 0.3 is 13.2 Å². The van der Waals surface area contributed by atoms with Crippen LogP contribution in [-0.4, -0.2) is 39.8 Å². The number of hydrogen-bond donors (Lipinski definition) is 0. The molecule has 140 valence electrons. The lowest BCUT2D eigenvalue weighted by atomic mass is 9.77. The van der Waals surface area contributed by atoms with Gasteiger partial charge in [0.2, 0.25) is 0 Å². The number of aryl methyl sites for hydroxylation is 1. The summed E-state index contributed by atoms with van der Waals surface area (Å²) in [5.74, 6) is 0. The van der Waals surface area contributed by atoms with E-state index in [0.29, 0.717) is 5.52 Å². The molecule has 26 heavy (non-hydrogen) atoms. The Bertz CT molecular complexity index is 848. The number of carbonyl (C=O) groups excluding carboxylic acids is 1. The molecular weight excluding hydrogens is 331 g/mol. The van der Waals surface area contributed by atoms with E-state index in [0.717, 1.165) is 16.5 Å². The smallest absolute Gasteiger partial charge is 0.442 e.